The van der Waals surface area contributed by atoms with E-state index in [0.717, 1.165) is 42.6 Å². The number of hydrogen-bond acceptors (Lipinski definition) is 3. The second kappa shape index (κ2) is 5.98. The van der Waals surface area contributed by atoms with E-state index < -0.39 is 0 Å². The van der Waals surface area contributed by atoms with Gasteiger partial charge in [-0.15, -0.1) is 0 Å². The summed E-state index contributed by atoms with van der Waals surface area (Å²) in [4.78, 5) is 0. The molecule has 0 aliphatic carbocycles. The Hall–Kier alpha value is -1.32. The van der Waals surface area contributed by atoms with Gasteiger partial charge in [0.15, 0.2) is 0 Å². The third-order valence-corrected chi connectivity index (χ3v) is 4.12. The third-order valence-electron chi connectivity index (χ3n) is 4.12. The molecule has 20 heavy (non-hydrogen) atoms. The Morgan fingerprint density at radius 1 is 1.35 bits per heavy atom. The molecule has 0 saturated carbocycles. The predicted molar refractivity (Wildman–Crippen MR) is 80.7 cm³/mol. The first-order chi connectivity index (χ1) is 9.72. The molecular weight excluding hydrogens is 250 g/mol. The summed E-state index contributed by atoms with van der Waals surface area (Å²) >= 11 is 0. The highest BCUT2D eigenvalue weighted by Crippen LogP contribution is 2.27. The molecule has 3 nitrogen and oxygen atoms in total. The Labute approximate surface area is 120 Å². The van der Waals surface area contributed by atoms with Crippen LogP contribution in [0, 0.1) is 6.92 Å². The van der Waals surface area contributed by atoms with Crippen molar-refractivity contribution in [2.24, 2.45) is 5.73 Å². The van der Waals surface area contributed by atoms with E-state index >= 15 is 0 Å². The summed E-state index contributed by atoms with van der Waals surface area (Å²) in [5.41, 5.74) is 8.42. The topological polar surface area (TPSA) is 48.4 Å². The minimum Gasteiger partial charge on any atom is -0.459 e. The Morgan fingerprint density at radius 2 is 2.25 bits per heavy atom. The monoisotopic (exact) mass is 273 g/mol. The first kappa shape index (κ1) is 13.7. The number of furan rings is 1. The van der Waals surface area contributed by atoms with E-state index in [1.54, 1.807) is 0 Å². The highest BCUT2D eigenvalue weighted by molar-refractivity contribution is 5.78. The molecule has 108 valence electrons. The minimum atomic E-state index is -0.0101. The summed E-state index contributed by atoms with van der Waals surface area (Å²) in [7, 11) is 0. The van der Waals surface area contributed by atoms with Gasteiger partial charge < -0.3 is 14.9 Å². The van der Waals surface area contributed by atoms with Crippen LogP contribution in [-0.2, 0) is 4.74 Å². The molecule has 2 unspecified atom stereocenters. The number of ether oxygens (including phenoxy) is 1. The number of hydrogen-bond donors (Lipinski definition) is 1. The largest absolute Gasteiger partial charge is 0.459 e. The molecule has 3 heteroatoms. The maximum atomic E-state index is 6.25. The van der Waals surface area contributed by atoms with Crippen molar-refractivity contribution in [3.05, 3.63) is 35.6 Å². The van der Waals surface area contributed by atoms with Crippen molar-refractivity contribution in [2.75, 3.05) is 6.61 Å². The van der Waals surface area contributed by atoms with Crippen LogP contribution in [0.15, 0.2) is 28.7 Å². The molecule has 2 aromatic rings. The van der Waals surface area contributed by atoms with Crippen molar-refractivity contribution >= 4 is 11.0 Å². The van der Waals surface area contributed by atoms with Crippen LogP contribution < -0.4 is 5.73 Å². The number of benzene rings is 1. The summed E-state index contributed by atoms with van der Waals surface area (Å²) in [6.07, 6.45) is 6.05. The van der Waals surface area contributed by atoms with Crippen molar-refractivity contribution < 1.29 is 9.15 Å². The van der Waals surface area contributed by atoms with Crippen molar-refractivity contribution in [3.8, 4) is 0 Å². The van der Waals surface area contributed by atoms with E-state index in [9.17, 15) is 0 Å². The molecular formula is C17H23NO2. The van der Waals surface area contributed by atoms with Crippen LogP contribution in [0.3, 0.4) is 0 Å². The Morgan fingerprint density at radius 3 is 3.05 bits per heavy atom. The van der Waals surface area contributed by atoms with Gasteiger partial charge in [-0.05, 0) is 57.2 Å². The number of aryl methyl sites for hydroxylation is 1. The number of nitrogens with two attached hydrogens (primary N) is 1. The van der Waals surface area contributed by atoms with Gasteiger partial charge in [-0.1, -0.05) is 11.6 Å². The molecule has 0 radical (unpaired) electrons. The molecule has 2 N–H and O–H groups in total. The smallest absolute Gasteiger partial charge is 0.134 e. The molecule has 2 atom stereocenters. The van der Waals surface area contributed by atoms with E-state index in [4.69, 9.17) is 14.9 Å². The van der Waals surface area contributed by atoms with Crippen LogP contribution in [0.5, 0.6) is 0 Å². The lowest BCUT2D eigenvalue weighted by Gasteiger charge is -2.11. The maximum absolute atomic E-state index is 6.25. The molecule has 1 aromatic heterocycles. The second-order valence-corrected chi connectivity index (χ2v) is 5.86. The minimum absolute atomic E-state index is 0.0101. The number of fused-ring (bicyclic) bond motifs is 1. The van der Waals surface area contributed by atoms with Gasteiger partial charge in [0.1, 0.15) is 11.3 Å². The summed E-state index contributed by atoms with van der Waals surface area (Å²) in [6, 6.07) is 8.30. The first-order valence-electron chi connectivity index (χ1n) is 7.59. The fourth-order valence-electron chi connectivity index (χ4n) is 2.95. The highest BCUT2D eigenvalue weighted by Gasteiger charge is 2.17. The Balaban J connectivity index is 1.58. The molecule has 3 rings (SSSR count). The quantitative estimate of drug-likeness (QED) is 0.892. The molecule has 0 spiro atoms. The molecule has 1 fully saturated rings. The Bertz CT molecular complexity index is 569. The van der Waals surface area contributed by atoms with Crippen LogP contribution in [0.2, 0.25) is 0 Å². The average Bonchev–Trinajstić information content (AvgIpc) is 3.06. The van der Waals surface area contributed by atoms with E-state index in [-0.39, 0.29) is 6.04 Å². The zero-order valence-electron chi connectivity index (χ0n) is 12.1. The lowest BCUT2D eigenvalue weighted by Crippen LogP contribution is -2.11. The van der Waals surface area contributed by atoms with Gasteiger partial charge in [-0.25, -0.2) is 0 Å². The summed E-state index contributed by atoms with van der Waals surface area (Å²) in [5.74, 6) is 0.901. The van der Waals surface area contributed by atoms with Crippen LogP contribution in [0.4, 0.5) is 0 Å². The van der Waals surface area contributed by atoms with Crippen LogP contribution >= 0.6 is 0 Å². The van der Waals surface area contributed by atoms with Crippen molar-refractivity contribution in [3.63, 3.8) is 0 Å². The molecule has 1 aliphatic rings. The Kier molecular flexibility index (Phi) is 4.08. The van der Waals surface area contributed by atoms with E-state index in [0.29, 0.717) is 6.10 Å². The van der Waals surface area contributed by atoms with Gasteiger partial charge >= 0.3 is 0 Å². The zero-order valence-corrected chi connectivity index (χ0v) is 12.1. The van der Waals surface area contributed by atoms with Crippen LogP contribution in [0.1, 0.15) is 49.5 Å². The van der Waals surface area contributed by atoms with Crippen molar-refractivity contribution in [2.45, 2.75) is 51.2 Å². The SMILES string of the molecule is Cc1ccc2oc(C(N)CCCC3CCCO3)cc2c1. The zero-order chi connectivity index (χ0) is 13.9. The predicted octanol–water partition coefficient (Wildman–Crippen LogP) is 4.09. The summed E-state index contributed by atoms with van der Waals surface area (Å²) in [6.45, 7) is 3.02. The molecule has 1 aromatic carbocycles. The summed E-state index contributed by atoms with van der Waals surface area (Å²) in [5, 5.41) is 1.15. The lowest BCUT2D eigenvalue weighted by atomic mass is 10.0. The van der Waals surface area contributed by atoms with Gasteiger partial charge in [-0.2, -0.15) is 0 Å². The summed E-state index contributed by atoms with van der Waals surface area (Å²) < 4.78 is 11.5. The van der Waals surface area contributed by atoms with Crippen molar-refractivity contribution in [1.29, 1.82) is 0 Å². The molecule has 0 bridgehead atoms. The lowest BCUT2D eigenvalue weighted by molar-refractivity contribution is 0.101. The van der Waals surface area contributed by atoms with E-state index in [1.807, 2.05) is 6.07 Å². The fraction of sp³-hybridized carbons (Fsp3) is 0.529. The third kappa shape index (κ3) is 3.05. The average molecular weight is 273 g/mol. The normalized spacial score (nSPS) is 20.6. The van der Waals surface area contributed by atoms with Crippen molar-refractivity contribution in [1.82, 2.24) is 0 Å². The molecule has 1 aliphatic heterocycles. The first-order valence-corrected chi connectivity index (χ1v) is 7.59. The second-order valence-electron chi connectivity index (χ2n) is 5.86. The van der Waals surface area contributed by atoms with Gasteiger partial charge in [0.05, 0.1) is 12.1 Å². The molecule has 1 saturated heterocycles. The van der Waals surface area contributed by atoms with Gasteiger partial charge in [0.2, 0.25) is 0 Å². The van der Waals surface area contributed by atoms with Crippen LogP contribution in [0.25, 0.3) is 11.0 Å². The van der Waals surface area contributed by atoms with Gasteiger partial charge in [-0.3, -0.25) is 0 Å². The molecule has 2 heterocycles. The highest BCUT2D eigenvalue weighted by atomic mass is 16.5. The number of rotatable bonds is 5. The molecule has 0 amide bonds. The van der Waals surface area contributed by atoms with Gasteiger partial charge in [0, 0.05) is 12.0 Å². The fourth-order valence-corrected chi connectivity index (χ4v) is 2.95. The maximum Gasteiger partial charge on any atom is 0.134 e. The van der Waals surface area contributed by atoms with E-state index in [2.05, 4.69) is 25.1 Å². The standard InChI is InChI=1S/C17H23NO2/c1-12-7-8-16-13(10-12)11-17(20-16)15(18)6-2-4-14-5-3-9-19-14/h7-8,10-11,14-15H,2-6,9,18H2,1H3. The van der Waals surface area contributed by atoms with E-state index in [1.165, 1.54) is 18.4 Å². The van der Waals surface area contributed by atoms with Gasteiger partial charge in [0.25, 0.3) is 0 Å². The van der Waals surface area contributed by atoms with Crippen LogP contribution in [-0.4, -0.2) is 12.7 Å².